The Balaban J connectivity index is 1.43. The van der Waals surface area contributed by atoms with E-state index < -0.39 is 0 Å². The van der Waals surface area contributed by atoms with E-state index in [4.69, 9.17) is 23.2 Å². The molecule has 0 saturated heterocycles. The number of carbonyl (C=O) groups is 2. The fourth-order valence-electron chi connectivity index (χ4n) is 4.53. The van der Waals surface area contributed by atoms with E-state index in [-0.39, 0.29) is 23.7 Å². The Hall–Kier alpha value is -4.79. The maximum atomic E-state index is 13.8. The number of nitrogens with zero attached hydrogens (tertiary/aromatic N) is 4. The number of benzene rings is 4. The van der Waals surface area contributed by atoms with Gasteiger partial charge in [0.1, 0.15) is 0 Å². The Morgan fingerprint density at radius 1 is 0.833 bits per heavy atom. The number of halogens is 2. The van der Waals surface area contributed by atoms with Gasteiger partial charge in [0.2, 0.25) is 5.91 Å². The monoisotopic (exact) mass is 596 g/mol. The van der Waals surface area contributed by atoms with Gasteiger partial charge in [-0.25, -0.2) is 0 Å². The molecule has 10 heteroatoms. The van der Waals surface area contributed by atoms with Crippen molar-refractivity contribution in [2.45, 2.75) is 12.5 Å². The largest absolute Gasteiger partial charge is 0.334 e. The molecule has 0 saturated carbocycles. The Morgan fingerprint density at radius 2 is 1.45 bits per heavy atom. The normalized spacial score (nSPS) is 11.1. The highest BCUT2D eigenvalue weighted by Gasteiger charge is 2.22. The highest BCUT2D eigenvalue weighted by Crippen LogP contribution is 2.28. The molecular formula is C32H26Cl2N6O2. The number of tetrazole rings is 1. The molecule has 0 bridgehead atoms. The van der Waals surface area contributed by atoms with Gasteiger partial charge in [0.25, 0.3) is 11.9 Å². The summed E-state index contributed by atoms with van der Waals surface area (Å²) in [5, 5.41) is 16.7. The number of amides is 2. The number of rotatable bonds is 10. The van der Waals surface area contributed by atoms with Crippen molar-refractivity contribution in [2.75, 3.05) is 11.9 Å². The lowest BCUT2D eigenvalue weighted by Gasteiger charge is -2.28. The van der Waals surface area contributed by atoms with Crippen LogP contribution in [0.3, 0.4) is 0 Å². The van der Waals surface area contributed by atoms with E-state index in [1.807, 2.05) is 48.5 Å². The lowest BCUT2D eigenvalue weighted by molar-refractivity contribution is -0.126. The summed E-state index contributed by atoms with van der Waals surface area (Å²) in [4.78, 5) is 28.1. The second kappa shape index (κ2) is 13.7. The number of nitrogens with one attached hydrogen (secondary N) is 2. The Kier molecular flexibility index (Phi) is 9.38. The standard InChI is InChI=1S/C32H26Cl2N6O2/c33-28-12-7-13-29(34)26(28)18-19-30(41)40(21-27(23-8-3-1-4-9-23)24-10-5-2-6-11-24)20-22-14-16-25(17-15-22)31(42)35-32-36-38-39-37-32/h1-19,27H,20-21H2,(H2,35,36,37,38,39,42). The number of aromatic nitrogens is 4. The highest BCUT2D eigenvalue weighted by molar-refractivity contribution is 6.37. The Labute approximate surface area is 253 Å². The number of aromatic amines is 1. The molecule has 0 unspecified atom stereocenters. The van der Waals surface area contributed by atoms with Crippen LogP contribution in [0.1, 0.15) is 38.5 Å². The van der Waals surface area contributed by atoms with Gasteiger partial charge in [-0.3, -0.25) is 14.9 Å². The van der Waals surface area contributed by atoms with Gasteiger partial charge in [-0.05, 0) is 52.2 Å². The van der Waals surface area contributed by atoms with E-state index in [2.05, 4.69) is 50.2 Å². The van der Waals surface area contributed by atoms with Crippen molar-refractivity contribution >= 4 is 47.0 Å². The number of anilines is 1. The summed E-state index contributed by atoms with van der Waals surface area (Å²) < 4.78 is 0. The topological polar surface area (TPSA) is 104 Å². The molecule has 0 radical (unpaired) electrons. The first-order chi connectivity index (χ1) is 20.5. The second-order valence-corrected chi connectivity index (χ2v) is 10.3. The summed E-state index contributed by atoms with van der Waals surface area (Å²) in [6.07, 6.45) is 3.14. The minimum Gasteiger partial charge on any atom is -0.334 e. The molecule has 0 spiro atoms. The van der Waals surface area contributed by atoms with Gasteiger partial charge in [0.15, 0.2) is 0 Å². The maximum Gasteiger partial charge on any atom is 0.270 e. The molecule has 4 aromatic carbocycles. The van der Waals surface area contributed by atoms with Crippen LogP contribution in [-0.2, 0) is 11.3 Å². The average molecular weight is 598 g/mol. The first kappa shape index (κ1) is 28.7. The minimum absolute atomic E-state index is 0.0753. The predicted octanol–water partition coefficient (Wildman–Crippen LogP) is 6.63. The third-order valence-electron chi connectivity index (χ3n) is 6.67. The molecule has 0 atom stereocenters. The lowest BCUT2D eigenvalue weighted by atomic mass is 9.90. The number of hydrogen-bond acceptors (Lipinski definition) is 5. The lowest BCUT2D eigenvalue weighted by Crippen LogP contribution is -2.33. The molecule has 2 amide bonds. The van der Waals surface area contributed by atoms with Crippen LogP contribution >= 0.6 is 23.2 Å². The zero-order valence-electron chi connectivity index (χ0n) is 22.3. The average Bonchev–Trinajstić information content (AvgIpc) is 3.53. The summed E-state index contributed by atoms with van der Waals surface area (Å²) in [5.41, 5.74) is 4.03. The van der Waals surface area contributed by atoms with E-state index in [0.717, 1.165) is 16.7 Å². The molecule has 0 aliphatic rings. The van der Waals surface area contributed by atoms with Gasteiger partial charge in [-0.2, -0.15) is 5.21 Å². The van der Waals surface area contributed by atoms with Crippen molar-refractivity contribution < 1.29 is 9.59 Å². The Bertz CT molecular complexity index is 1600. The van der Waals surface area contributed by atoms with Gasteiger partial charge in [0, 0.05) is 46.3 Å². The molecule has 0 aliphatic heterocycles. The van der Waals surface area contributed by atoms with Crippen LogP contribution < -0.4 is 5.32 Å². The summed E-state index contributed by atoms with van der Waals surface area (Å²) in [6.45, 7) is 0.718. The first-order valence-corrected chi connectivity index (χ1v) is 13.9. The van der Waals surface area contributed by atoms with Gasteiger partial charge < -0.3 is 4.90 Å². The molecular weight excluding hydrogens is 571 g/mol. The zero-order valence-corrected chi connectivity index (χ0v) is 23.8. The number of H-pyrrole nitrogens is 1. The van der Waals surface area contributed by atoms with E-state index >= 15 is 0 Å². The van der Waals surface area contributed by atoms with Crippen LogP contribution in [0, 0.1) is 0 Å². The van der Waals surface area contributed by atoms with Crippen molar-refractivity contribution in [3.8, 4) is 0 Å². The van der Waals surface area contributed by atoms with Crippen LogP contribution in [-0.4, -0.2) is 43.9 Å². The zero-order chi connectivity index (χ0) is 29.3. The third kappa shape index (κ3) is 7.28. The smallest absolute Gasteiger partial charge is 0.270 e. The van der Waals surface area contributed by atoms with Crippen LogP contribution in [0.4, 0.5) is 5.95 Å². The molecule has 42 heavy (non-hydrogen) atoms. The van der Waals surface area contributed by atoms with E-state index in [1.54, 1.807) is 41.3 Å². The van der Waals surface area contributed by atoms with Crippen molar-refractivity contribution in [3.05, 3.63) is 147 Å². The van der Waals surface area contributed by atoms with Crippen LogP contribution in [0.15, 0.2) is 109 Å². The van der Waals surface area contributed by atoms with E-state index in [9.17, 15) is 9.59 Å². The van der Waals surface area contributed by atoms with Crippen molar-refractivity contribution in [1.82, 2.24) is 25.5 Å². The summed E-state index contributed by atoms with van der Waals surface area (Å²) in [7, 11) is 0. The van der Waals surface area contributed by atoms with Gasteiger partial charge in [-0.15, -0.1) is 5.10 Å². The molecule has 5 rings (SSSR count). The fourth-order valence-corrected chi connectivity index (χ4v) is 5.05. The van der Waals surface area contributed by atoms with E-state index in [1.165, 1.54) is 6.08 Å². The molecule has 1 aromatic heterocycles. The van der Waals surface area contributed by atoms with E-state index in [0.29, 0.717) is 34.3 Å². The van der Waals surface area contributed by atoms with Crippen LogP contribution in [0.25, 0.3) is 6.08 Å². The van der Waals surface area contributed by atoms with Crippen LogP contribution in [0.5, 0.6) is 0 Å². The highest BCUT2D eigenvalue weighted by atomic mass is 35.5. The molecule has 5 aromatic rings. The quantitative estimate of drug-likeness (QED) is 0.176. The summed E-state index contributed by atoms with van der Waals surface area (Å²) >= 11 is 12.7. The molecule has 8 nitrogen and oxygen atoms in total. The first-order valence-electron chi connectivity index (χ1n) is 13.1. The Morgan fingerprint density at radius 3 is 2.02 bits per heavy atom. The molecule has 0 fully saturated rings. The van der Waals surface area contributed by atoms with Gasteiger partial charge in [0.05, 0.1) is 0 Å². The fraction of sp³-hybridized carbons (Fsp3) is 0.0938. The number of hydrogen-bond donors (Lipinski definition) is 2. The molecule has 2 N–H and O–H groups in total. The molecule has 1 heterocycles. The SMILES string of the molecule is O=C(Nc1nn[nH]n1)c1ccc(CN(CC(c2ccccc2)c2ccccc2)C(=O)C=Cc2c(Cl)cccc2Cl)cc1. The van der Waals surface area contributed by atoms with Gasteiger partial charge >= 0.3 is 0 Å². The molecule has 210 valence electrons. The minimum atomic E-state index is -0.372. The van der Waals surface area contributed by atoms with Crippen molar-refractivity contribution in [2.24, 2.45) is 0 Å². The second-order valence-electron chi connectivity index (χ2n) is 9.45. The molecule has 0 aliphatic carbocycles. The van der Waals surface area contributed by atoms with Crippen molar-refractivity contribution in [1.29, 1.82) is 0 Å². The van der Waals surface area contributed by atoms with Crippen molar-refractivity contribution in [3.63, 3.8) is 0 Å². The summed E-state index contributed by atoms with van der Waals surface area (Å²) in [5.74, 6) is -0.571. The predicted molar refractivity (Wildman–Crippen MR) is 164 cm³/mol. The summed E-state index contributed by atoms with van der Waals surface area (Å²) in [6, 6.07) is 32.4. The number of carbonyl (C=O) groups excluding carboxylic acids is 2. The third-order valence-corrected chi connectivity index (χ3v) is 7.33. The van der Waals surface area contributed by atoms with Crippen LogP contribution in [0.2, 0.25) is 10.0 Å². The van der Waals surface area contributed by atoms with Gasteiger partial charge in [-0.1, -0.05) is 107 Å². The maximum absolute atomic E-state index is 13.8.